The second kappa shape index (κ2) is 8.52. The molecular formula is C23H37N3O2. The minimum absolute atomic E-state index is 0.0427. The maximum atomic E-state index is 12.9. The molecule has 2 fully saturated rings. The van der Waals surface area contributed by atoms with Crippen LogP contribution in [0.4, 0.5) is 0 Å². The molecule has 0 aromatic heterocycles. The first-order chi connectivity index (χ1) is 13.3. The smallest absolute Gasteiger partial charge is 0.241 e. The highest BCUT2D eigenvalue weighted by atomic mass is 16.5. The lowest BCUT2D eigenvalue weighted by Gasteiger charge is -2.57. The van der Waals surface area contributed by atoms with Crippen LogP contribution in [0.5, 0.6) is 0 Å². The SMILES string of the molecule is CCOC1CC(N)(C(=O)NCc2ccccc2CN2CCCCC2C)C1(C)C. The number of nitrogens with zero attached hydrogens (tertiary/aromatic N) is 1. The Morgan fingerprint density at radius 3 is 2.64 bits per heavy atom. The molecule has 0 spiro atoms. The molecule has 1 saturated carbocycles. The van der Waals surface area contributed by atoms with Crippen LogP contribution in [-0.4, -0.2) is 41.6 Å². The van der Waals surface area contributed by atoms with Gasteiger partial charge in [0.2, 0.25) is 5.91 Å². The zero-order chi connectivity index (χ0) is 20.4. The van der Waals surface area contributed by atoms with Crippen LogP contribution in [0.2, 0.25) is 0 Å². The van der Waals surface area contributed by atoms with Crippen molar-refractivity contribution in [1.82, 2.24) is 10.2 Å². The number of ether oxygens (including phenoxy) is 1. The Kier molecular flexibility index (Phi) is 6.47. The molecule has 3 rings (SSSR count). The molecule has 5 nitrogen and oxygen atoms in total. The van der Waals surface area contributed by atoms with Crippen LogP contribution in [0.15, 0.2) is 24.3 Å². The topological polar surface area (TPSA) is 67.6 Å². The van der Waals surface area contributed by atoms with Gasteiger partial charge in [-0.15, -0.1) is 0 Å². The number of likely N-dealkylation sites (tertiary alicyclic amines) is 1. The van der Waals surface area contributed by atoms with Crippen molar-refractivity contribution in [3.63, 3.8) is 0 Å². The highest BCUT2D eigenvalue weighted by molar-refractivity contribution is 5.88. The molecule has 156 valence electrons. The van der Waals surface area contributed by atoms with Crippen LogP contribution in [0.1, 0.15) is 64.5 Å². The van der Waals surface area contributed by atoms with Crippen molar-refractivity contribution in [3.8, 4) is 0 Å². The van der Waals surface area contributed by atoms with Gasteiger partial charge in [-0.25, -0.2) is 0 Å². The lowest BCUT2D eigenvalue weighted by atomic mass is 9.54. The Morgan fingerprint density at radius 2 is 2.00 bits per heavy atom. The van der Waals surface area contributed by atoms with Gasteiger partial charge in [0.05, 0.1) is 6.10 Å². The Balaban J connectivity index is 1.63. The van der Waals surface area contributed by atoms with Gasteiger partial charge in [0.1, 0.15) is 5.54 Å². The van der Waals surface area contributed by atoms with Crippen LogP contribution in [0, 0.1) is 5.41 Å². The van der Waals surface area contributed by atoms with Crippen LogP contribution in [-0.2, 0) is 22.6 Å². The van der Waals surface area contributed by atoms with Gasteiger partial charge in [0.25, 0.3) is 0 Å². The van der Waals surface area contributed by atoms with Crippen LogP contribution < -0.4 is 11.1 Å². The van der Waals surface area contributed by atoms with Gasteiger partial charge >= 0.3 is 0 Å². The summed E-state index contributed by atoms with van der Waals surface area (Å²) in [6, 6.07) is 9.04. The fourth-order valence-corrected chi connectivity index (χ4v) is 4.65. The standard InChI is InChI=1S/C23H37N3O2/c1-5-28-20-14-23(24,22(20,3)4)21(27)25-15-18-11-6-7-12-19(18)16-26-13-9-8-10-17(26)2/h6-7,11-12,17,20H,5,8-10,13-16,24H2,1-4H3,(H,25,27). The van der Waals surface area contributed by atoms with Crippen molar-refractivity contribution in [2.24, 2.45) is 11.1 Å². The average molecular weight is 388 g/mol. The Labute approximate surface area is 170 Å². The monoisotopic (exact) mass is 387 g/mol. The fourth-order valence-electron chi connectivity index (χ4n) is 4.65. The second-order valence-electron chi connectivity index (χ2n) is 9.11. The van der Waals surface area contributed by atoms with E-state index < -0.39 is 5.54 Å². The molecule has 1 heterocycles. The van der Waals surface area contributed by atoms with Crippen molar-refractivity contribution in [3.05, 3.63) is 35.4 Å². The molecule has 1 aromatic rings. The van der Waals surface area contributed by atoms with E-state index in [4.69, 9.17) is 10.5 Å². The van der Waals surface area contributed by atoms with Gasteiger partial charge in [0.15, 0.2) is 0 Å². The third kappa shape index (κ3) is 3.98. The van der Waals surface area contributed by atoms with Crippen molar-refractivity contribution < 1.29 is 9.53 Å². The molecule has 3 N–H and O–H groups in total. The number of carbonyl (C=O) groups is 1. The first-order valence-corrected chi connectivity index (χ1v) is 10.8. The number of amides is 1. The number of piperidine rings is 1. The summed E-state index contributed by atoms with van der Waals surface area (Å²) in [7, 11) is 0. The molecule has 5 heteroatoms. The molecule has 1 amide bonds. The maximum Gasteiger partial charge on any atom is 0.241 e. The van der Waals surface area contributed by atoms with E-state index in [0.717, 1.165) is 13.1 Å². The quantitative estimate of drug-likeness (QED) is 0.754. The minimum atomic E-state index is -0.872. The van der Waals surface area contributed by atoms with E-state index in [-0.39, 0.29) is 17.4 Å². The maximum absolute atomic E-state index is 12.9. The normalized spacial score (nSPS) is 29.9. The molecule has 1 saturated heterocycles. The molecule has 0 bridgehead atoms. The summed E-state index contributed by atoms with van der Waals surface area (Å²) in [5.74, 6) is -0.0744. The summed E-state index contributed by atoms with van der Waals surface area (Å²) in [5.41, 5.74) is 7.75. The van der Waals surface area contributed by atoms with Crippen molar-refractivity contribution in [2.75, 3.05) is 13.2 Å². The Bertz CT molecular complexity index is 690. The lowest BCUT2D eigenvalue weighted by Crippen LogP contribution is -2.75. The summed E-state index contributed by atoms with van der Waals surface area (Å²) >= 11 is 0. The Hall–Kier alpha value is -1.43. The zero-order valence-corrected chi connectivity index (χ0v) is 18.0. The van der Waals surface area contributed by atoms with Gasteiger partial charge in [-0.3, -0.25) is 9.69 Å². The van der Waals surface area contributed by atoms with E-state index in [1.54, 1.807) is 0 Å². The molecule has 1 aromatic carbocycles. The van der Waals surface area contributed by atoms with Gasteiger partial charge in [0, 0.05) is 37.6 Å². The number of hydrogen-bond donors (Lipinski definition) is 2. The first kappa shape index (κ1) is 21.3. The number of carbonyl (C=O) groups excluding carboxylic acids is 1. The summed E-state index contributed by atoms with van der Waals surface area (Å²) < 4.78 is 5.75. The number of nitrogens with one attached hydrogen (secondary N) is 1. The summed E-state index contributed by atoms with van der Waals surface area (Å²) in [4.78, 5) is 15.5. The molecule has 2 aliphatic rings. The predicted molar refractivity (Wildman–Crippen MR) is 113 cm³/mol. The molecule has 1 aliphatic heterocycles. The minimum Gasteiger partial charge on any atom is -0.378 e. The van der Waals surface area contributed by atoms with E-state index >= 15 is 0 Å². The third-order valence-corrected chi connectivity index (χ3v) is 7.11. The fraction of sp³-hybridized carbons (Fsp3) is 0.696. The highest BCUT2D eigenvalue weighted by Crippen LogP contribution is 2.49. The van der Waals surface area contributed by atoms with E-state index in [1.165, 1.54) is 30.4 Å². The molecule has 1 aliphatic carbocycles. The summed E-state index contributed by atoms with van der Waals surface area (Å²) in [5, 5.41) is 3.11. The summed E-state index contributed by atoms with van der Waals surface area (Å²) in [6.45, 7) is 11.6. The second-order valence-corrected chi connectivity index (χ2v) is 9.11. The predicted octanol–water partition coefficient (Wildman–Crippen LogP) is 3.21. The number of nitrogens with two attached hydrogens (primary N) is 1. The van der Waals surface area contributed by atoms with E-state index in [0.29, 0.717) is 25.6 Å². The average Bonchev–Trinajstić information content (AvgIpc) is 2.68. The lowest BCUT2D eigenvalue weighted by molar-refractivity contribution is -0.170. The highest BCUT2D eigenvalue weighted by Gasteiger charge is 2.62. The van der Waals surface area contributed by atoms with Gasteiger partial charge in [-0.1, -0.05) is 44.5 Å². The van der Waals surface area contributed by atoms with Crippen molar-refractivity contribution in [2.45, 2.75) is 84.2 Å². The zero-order valence-electron chi connectivity index (χ0n) is 18.0. The Morgan fingerprint density at radius 1 is 1.29 bits per heavy atom. The molecule has 0 radical (unpaired) electrons. The first-order valence-electron chi connectivity index (χ1n) is 10.8. The molecule has 28 heavy (non-hydrogen) atoms. The number of benzene rings is 1. The van der Waals surface area contributed by atoms with Gasteiger partial charge < -0.3 is 15.8 Å². The largest absolute Gasteiger partial charge is 0.378 e. The van der Waals surface area contributed by atoms with Crippen LogP contribution >= 0.6 is 0 Å². The summed E-state index contributed by atoms with van der Waals surface area (Å²) in [6.07, 6.45) is 4.49. The van der Waals surface area contributed by atoms with E-state index in [9.17, 15) is 4.79 Å². The van der Waals surface area contributed by atoms with Gasteiger partial charge in [-0.2, -0.15) is 0 Å². The van der Waals surface area contributed by atoms with Crippen molar-refractivity contribution >= 4 is 5.91 Å². The van der Waals surface area contributed by atoms with Gasteiger partial charge in [-0.05, 0) is 44.4 Å². The van der Waals surface area contributed by atoms with E-state index in [2.05, 4.69) is 35.3 Å². The van der Waals surface area contributed by atoms with Crippen molar-refractivity contribution in [1.29, 1.82) is 0 Å². The van der Waals surface area contributed by atoms with Crippen LogP contribution in [0.25, 0.3) is 0 Å². The third-order valence-electron chi connectivity index (χ3n) is 7.11. The number of hydrogen-bond acceptors (Lipinski definition) is 4. The molecule has 3 unspecified atom stereocenters. The van der Waals surface area contributed by atoms with E-state index in [1.807, 2.05) is 26.8 Å². The molecule has 3 atom stereocenters. The van der Waals surface area contributed by atoms with Crippen LogP contribution in [0.3, 0.4) is 0 Å². The number of rotatable bonds is 7. The molecular weight excluding hydrogens is 350 g/mol.